The van der Waals surface area contributed by atoms with Gasteiger partial charge in [0, 0.05) is 25.6 Å². The molecule has 8 heteroatoms. The summed E-state index contributed by atoms with van der Waals surface area (Å²) >= 11 is 0. The molecule has 0 bridgehead atoms. The summed E-state index contributed by atoms with van der Waals surface area (Å²) in [5.74, 6) is -3.02. The van der Waals surface area contributed by atoms with Gasteiger partial charge in [0.25, 0.3) is 0 Å². The van der Waals surface area contributed by atoms with Gasteiger partial charge in [-0.1, -0.05) is 18.2 Å². The second-order valence-corrected chi connectivity index (χ2v) is 7.88. The fourth-order valence-corrected chi connectivity index (χ4v) is 4.42. The van der Waals surface area contributed by atoms with Gasteiger partial charge in [-0.2, -0.15) is 0 Å². The van der Waals surface area contributed by atoms with E-state index in [2.05, 4.69) is 0 Å². The molecule has 29 heavy (non-hydrogen) atoms. The second kappa shape index (κ2) is 7.53. The molecule has 2 aliphatic rings. The van der Waals surface area contributed by atoms with E-state index in [0.29, 0.717) is 18.7 Å². The molecule has 5 atom stereocenters. The number of nitrogens with zero attached hydrogens (tertiary/aromatic N) is 1. The highest BCUT2D eigenvalue weighted by Gasteiger charge is 2.59. The van der Waals surface area contributed by atoms with Gasteiger partial charge in [-0.15, -0.1) is 0 Å². The highest BCUT2D eigenvalue weighted by Crippen LogP contribution is 2.43. The van der Waals surface area contributed by atoms with Gasteiger partial charge in [-0.05, 0) is 36.2 Å². The number of halogens is 2. The minimum Gasteiger partial charge on any atom is -0.503 e. The Morgan fingerprint density at radius 3 is 2.45 bits per heavy atom. The third kappa shape index (κ3) is 3.69. The smallest absolute Gasteiger partial charge is 0.187 e. The predicted molar refractivity (Wildman–Crippen MR) is 99.3 cm³/mol. The molecule has 1 unspecified atom stereocenters. The van der Waals surface area contributed by atoms with Crippen LogP contribution >= 0.6 is 0 Å². The van der Waals surface area contributed by atoms with Gasteiger partial charge in [-0.3, -0.25) is 4.90 Å². The van der Waals surface area contributed by atoms with Crippen LogP contribution in [0.15, 0.2) is 42.5 Å². The van der Waals surface area contributed by atoms with Gasteiger partial charge in [-0.25, -0.2) is 8.78 Å². The Labute approximate surface area is 166 Å². The predicted octanol–water partition coefficient (Wildman–Crippen LogP) is 1.58. The van der Waals surface area contributed by atoms with E-state index in [1.54, 1.807) is 17.0 Å². The Balaban J connectivity index is 1.41. The number of likely N-dealkylation sites (tertiary alicyclic amines) is 1. The van der Waals surface area contributed by atoms with Crippen LogP contribution in [0.5, 0.6) is 11.5 Å². The summed E-state index contributed by atoms with van der Waals surface area (Å²) in [4.78, 5) is 1.75. The third-order valence-electron chi connectivity index (χ3n) is 5.93. The van der Waals surface area contributed by atoms with E-state index in [9.17, 15) is 29.2 Å². The van der Waals surface area contributed by atoms with Gasteiger partial charge in [0.1, 0.15) is 23.6 Å². The number of phenolic OH excluding ortho intramolecular Hbond substituents is 1. The van der Waals surface area contributed by atoms with Crippen LogP contribution in [-0.4, -0.2) is 62.8 Å². The van der Waals surface area contributed by atoms with Crippen molar-refractivity contribution < 1.29 is 33.9 Å². The number of para-hydroxylation sites is 1. The number of rotatable bonds is 5. The lowest BCUT2D eigenvalue weighted by Crippen LogP contribution is -2.49. The molecule has 1 saturated carbocycles. The summed E-state index contributed by atoms with van der Waals surface area (Å²) in [5.41, 5.74) is -1.39. The molecule has 2 aromatic carbocycles. The summed E-state index contributed by atoms with van der Waals surface area (Å²) in [6, 6.07) is 10.8. The average molecular weight is 407 g/mol. The van der Waals surface area contributed by atoms with Crippen molar-refractivity contribution in [3.63, 3.8) is 0 Å². The van der Waals surface area contributed by atoms with Gasteiger partial charge < -0.3 is 25.2 Å². The third-order valence-corrected chi connectivity index (χ3v) is 5.93. The summed E-state index contributed by atoms with van der Waals surface area (Å²) in [6.45, 7) is 0.537. The van der Waals surface area contributed by atoms with Crippen LogP contribution in [-0.2, 0) is 0 Å². The zero-order valence-electron chi connectivity index (χ0n) is 15.6. The molecule has 2 fully saturated rings. The number of aromatic hydroxyl groups is 1. The lowest BCUT2D eigenvalue weighted by atomic mass is 9.93. The maximum Gasteiger partial charge on any atom is 0.187 e. The zero-order valence-corrected chi connectivity index (χ0v) is 15.6. The van der Waals surface area contributed by atoms with Crippen LogP contribution in [0.3, 0.4) is 0 Å². The van der Waals surface area contributed by atoms with Crippen molar-refractivity contribution in [2.45, 2.75) is 30.3 Å². The van der Waals surface area contributed by atoms with Crippen LogP contribution in [0.4, 0.5) is 8.78 Å². The quantitative estimate of drug-likeness (QED) is 0.602. The average Bonchev–Trinajstić information content (AvgIpc) is 3.11. The van der Waals surface area contributed by atoms with Crippen molar-refractivity contribution >= 4 is 0 Å². The number of aliphatic hydroxyl groups is 3. The van der Waals surface area contributed by atoms with Gasteiger partial charge in [0.05, 0.1) is 6.10 Å². The molecule has 0 aromatic heterocycles. The summed E-state index contributed by atoms with van der Waals surface area (Å²) in [5, 5.41) is 41.2. The first-order valence-corrected chi connectivity index (χ1v) is 9.48. The van der Waals surface area contributed by atoms with Crippen molar-refractivity contribution in [1.82, 2.24) is 4.90 Å². The first-order chi connectivity index (χ1) is 13.8. The molecule has 0 radical (unpaired) electrons. The van der Waals surface area contributed by atoms with E-state index in [1.165, 1.54) is 0 Å². The molecule has 1 saturated heterocycles. The SMILES string of the molecule is Oc1c(F)cc(C(O)CN2C[C@@H]3C[C@@H](Oc4ccccc4)[C@@H](O)[C@]3(O)C2)cc1F. The van der Waals surface area contributed by atoms with Crippen LogP contribution < -0.4 is 4.74 Å². The number of fused-ring (bicyclic) bond motifs is 1. The molecular formula is C21H23F2NO5. The van der Waals surface area contributed by atoms with E-state index >= 15 is 0 Å². The minimum absolute atomic E-state index is 0.00677. The Kier molecular flexibility index (Phi) is 5.20. The number of hydrogen-bond donors (Lipinski definition) is 4. The first-order valence-electron chi connectivity index (χ1n) is 9.48. The summed E-state index contributed by atoms with van der Waals surface area (Å²) in [6.07, 6.45) is -2.41. The molecule has 156 valence electrons. The van der Waals surface area contributed by atoms with Crippen LogP contribution in [0.2, 0.25) is 0 Å². The van der Waals surface area contributed by atoms with Crippen LogP contribution in [0, 0.1) is 17.6 Å². The number of hydrogen-bond acceptors (Lipinski definition) is 6. The maximum absolute atomic E-state index is 13.5. The highest BCUT2D eigenvalue weighted by atomic mass is 19.1. The van der Waals surface area contributed by atoms with Crippen LogP contribution in [0.25, 0.3) is 0 Å². The number of β-amino-alcohol motifs (C(OH)–C–C–N with tert-alkyl or cyclic N) is 2. The van der Waals surface area contributed by atoms with E-state index in [1.807, 2.05) is 18.2 Å². The fourth-order valence-electron chi connectivity index (χ4n) is 4.42. The minimum atomic E-state index is -1.38. The van der Waals surface area contributed by atoms with Crippen LogP contribution in [0.1, 0.15) is 18.1 Å². The Hall–Kier alpha value is -2.26. The van der Waals surface area contributed by atoms with Crippen molar-refractivity contribution in [2.75, 3.05) is 19.6 Å². The number of aliphatic hydroxyl groups excluding tert-OH is 2. The van der Waals surface area contributed by atoms with Gasteiger partial charge in [0.2, 0.25) is 0 Å². The van der Waals surface area contributed by atoms with E-state index in [0.717, 1.165) is 12.1 Å². The number of phenols is 1. The molecule has 4 rings (SSSR count). The molecule has 0 amide bonds. The van der Waals surface area contributed by atoms with E-state index < -0.39 is 41.3 Å². The first kappa shape index (κ1) is 20.0. The van der Waals surface area contributed by atoms with Crippen molar-refractivity contribution in [1.29, 1.82) is 0 Å². The fraction of sp³-hybridized carbons (Fsp3) is 0.429. The molecular weight excluding hydrogens is 384 g/mol. The molecule has 1 heterocycles. The Bertz CT molecular complexity index is 860. The molecule has 2 aromatic rings. The van der Waals surface area contributed by atoms with E-state index in [-0.39, 0.29) is 24.6 Å². The Morgan fingerprint density at radius 1 is 1.17 bits per heavy atom. The van der Waals surface area contributed by atoms with Crippen molar-refractivity contribution in [3.8, 4) is 11.5 Å². The molecule has 6 nitrogen and oxygen atoms in total. The number of benzene rings is 2. The standard InChI is InChI=1S/C21H23F2NO5/c22-15-6-12(7-16(23)19(15)26)17(25)10-24-9-13-8-18(20(27)21(13,28)11-24)29-14-4-2-1-3-5-14/h1-7,13,17-18,20,25-28H,8-11H2/t13-,17?,18+,20+,21-/m0/s1. The number of ether oxygens (including phenoxy) is 1. The van der Waals surface area contributed by atoms with Crippen molar-refractivity contribution in [3.05, 3.63) is 59.7 Å². The maximum atomic E-state index is 13.5. The molecule has 1 aliphatic heterocycles. The zero-order chi connectivity index (χ0) is 20.8. The van der Waals surface area contributed by atoms with Gasteiger partial charge >= 0.3 is 0 Å². The molecule has 4 N–H and O–H groups in total. The van der Waals surface area contributed by atoms with Gasteiger partial charge in [0.15, 0.2) is 17.4 Å². The van der Waals surface area contributed by atoms with E-state index in [4.69, 9.17) is 4.74 Å². The lowest BCUT2D eigenvalue weighted by Gasteiger charge is -2.29. The summed E-state index contributed by atoms with van der Waals surface area (Å²) < 4.78 is 32.9. The monoisotopic (exact) mass is 407 g/mol. The Morgan fingerprint density at radius 2 is 1.83 bits per heavy atom. The molecule has 0 spiro atoms. The molecule has 1 aliphatic carbocycles. The van der Waals surface area contributed by atoms with Crippen molar-refractivity contribution in [2.24, 2.45) is 5.92 Å². The summed E-state index contributed by atoms with van der Waals surface area (Å²) in [7, 11) is 0. The second-order valence-electron chi connectivity index (χ2n) is 7.88. The highest BCUT2D eigenvalue weighted by molar-refractivity contribution is 5.31. The lowest BCUT2D eigenvalue weighted by molar-refractivity contribution is -0.0875. The topological polar surface area (TPSA) is 93.4 Å². The normalized spacial score (nSPS) is 30.3. The largest absolute Gasteiger partial charge is 0.503 e.